The molecular formula is C72H136O6. The molecule has 6 nitrogen and oxygen atoms in total. The van der Waals surface area contributed by atoms with Crippen LogP contribution in [0.4, 0.5) is 0 Å². The molecule has 0 aromatic carbocycles. The number of hydrogen-bond acceptors (Lipinski definition) is 6. The highest BCUT2D eigenvalue weighted by Crippen LogP contribution is 2.18. The number of carbonyl (C=O) groups is 3. The summed E-state index contributed by atoms with van der Waals surface area (Å²) in [5, 5.41) is 0. The van der Waals surface area contributed by atoms with E-state index in [9.17, 15) is 14.4 Å². The van der Waals surface area contributed by atoms with E-state index in [-0.39, 0.29) is 31.1 Å². The zero-order valence-electron chi connectivity index (χ0n) is 53.0. The molecule has 0 saturated carbocycles. The molecule has 0 aliphatic carbocycles. The van der Waals surface area contributed by atoms with Gasteiger partial charge in [-0.3, -0.25) is 14.4 Å². The number of esters is 3. The van der Waals surface area contributed by atoms with E-state index in [1.165, 1.54) is 302 Å². The van der Waals surface area contributed by atoms with E-state index in [1.807, 2.05) is 0 Å². The minimum atomic E-state index is -0.771. The maximum Gasteiger partial charge on any atom is 0.306 e. The van der Waals surface area contributed by atoms with Crippen molar-refractivity contribution in [3.63, 3.8) is 0 Å². The van der Waals surface area contributed by atoms with Crippen LogP contribution in [0, 0.1) is 0 Å². The van der Waals surface area contributed by atoms with Crippen LogP contribution in [0.3, 0.4) is 0 Å². The minimum absolute atomic E-state index is 0.0669. The van der Waals surface area contributed by atoms with Gasteiger partial charge < -0.3 is 14.2 Å². The van der Waals surface area contributed by atoms with Crippen molar-refractivity contribution in [3.8, 4) is 0 Å². The van der Waals surface area contributed by atoms with Gasteiger partial charge in [-0.05, 0) is 70.6 Å². The molecule has 6 heteroatoms. The molecule has 460 valence electrons. The fourth-order valence-corrected chi connectivity index (χ4v) is 10.8. The largest absolute Gasteiger partial charge is 0.462 e. The lowest BCUT2D eigenvalue weighted by Crippen LogP contribution is -2.30. The summed E-state index contributed by atoms with van der Waals surface area (Å²) >= 11 is 0. The summed E-state index contributed by atoms with van der Waals surface area (Å²) < 4.78 is 17.0. The van der Waals surface area contributed by atoms with Gasteiger partial charge in [0.15, 0.2) is 6.10 Å². The molecule has 1 atom stereocenters. The van der Waals surface area contributed by atoms with Crippen LogP contribution in [0.2, 0.25) is 0 Å². The van der Waals surface area contributed by atoms with Crippen molar-refractivity contribution in [2.45, 2.75) is 406 Å². The SMILES string of the molecule is CCCCCCCCCC/C=C\CCCCCCCCCCCC(=O)OCC(COC(=O)CCCCCCCCCCCCCCCCCCCC)OC(=O)CCCCCCCCCCC/C=C\CCCCCCCCCC. The van der Waals surface area contributed by atoms with E-state index in [0.29, 0.717) is 19.3 Å². The van der Waals surface area contributed by atoms with Gasteiger partial charge in [0.05, 0.1) is 0 Å². The molecule has 78 heavy (non-hydrogen) atoms. The first-order valence-electron chi connectivity index (χ1n) is 35.3. The van der Waals surface area contributed by atoms with E-state index < -0.39 is 6.10 Å². The van der Waals surface area contributed by atoms with Crippen LogP contribution in [0.25, 0.3) is 0 Å². The van der Waals surface area contributed by atoms with Crippen LogP contribution in [0.15, 0.2) is 24.3 Å². The van der Waals surface area contributed by atoms with Crippen LogP contribution in [-0.4, -0.2) is 37.2 Å². The van der Waals surface area contributed by atoms with Crippen molar-refractivity contribution < 1.29 is 28.6 Å². The molecule has 0 spiro atoms. The van der Waals surface area contributed by atoms with Crippen molar-refractivity contribution in [1.82, 2.24) is 0 Å². The summed E-state index contributed by atoms with van der Waals surface area (Å²) in [4.78, 5) is 38.5. The predicted molar refractivity (Wildman–Crippen MR) is 340 cm³/mol. The van der Waals surface area contributed by atoms with Crippen molar-refractivity contribution >= 4 is 17.9 Å². The zero-order valence-corrected chi connectivity index (χ0v) is 53.0. The topological polar surface area (TPSA) is 78.9 Å². The first-order valence-corrected chi connectivity index (χ1v) is 35.3. The van der Waals surface area contributed by atoms with Gasteiger partial charge in [-0.1, -0.05) is 334 Å². The van der Waals surface area contributed by atoms with Crippen LogP contribution in [0.1, 0.15) is 400 Å². The number of carbonyl (C=O) groups excluding carboxylic acids is 3. The minimum Gasteiger partial charge on any atom is -0.462 e. The second-order valence-corrected chi connectivity index (χ2v) is 24.1. The molecular weight excluding hydrogens is 961 g/mol. The van der Waals surface area contributed by atoms with Crippen molar-refractivity contribution in [2.24, 2.45) is 0 Å². The Morgan fingerprint density at radius 2 is 0.423 bits per heavy atom. The summed E-state index contributed by atoms with van der Waals surface area (Å²) in [6, 6.07) is 0. The van der Waals surface area contributed by atoms with Gasteiger partial charge in [-0.25, -0.2) is 0 Å². The third-order valence-electron chi connectivity index (χ3n) is 16.2. The lowest BCUT2D eigenvalue weighted by atomic mass is 10.0. The standard InChI is InChI=1S/C72H136O6/c1-4-7-10-13-16-19-22-25-28-31-34-36-38-41-44-47-50-53-56-59-62-65-71(74)77-68-69(67-76-70(73)64-61-58-55-52-49-46-43-40-33-30-27-24-21-18-15-12-9-6-3)78-72(75)66-63-60-57-54-51-48-45-42-39-37-35-32-29-26-23-20-17-14-11-8-5-2/h31-32,34-35,69H,4-30,33,36-68H2,1-3H3/b34-31-,35-32-. The number of allylic oxidation sites excluding steroid dienone is 4. The Hall–Kier alpha value is -2.11. The highest BCUT2D eigenvalue weighted by atomic mass is 16.6. The third kappa shape index (κ3) is 64.7. The molecule has 0 N–H and O–H groups in total. The Balaban J connectivity index is 4.31. The Labute approximate surface area is 487 Å². The van der Waals surface area contributed by atoms with Gasteiger partial charge in [-0.2, -0.15) is 0 Å². The maximum atomic E-state index is 13.0. The van der Waals surface area contributed by atoms with E-state index in [0.717, 1.165) is 57.8 Å². The summed E-state index contributed by atoms with van der Waals surface area (Å²) in [6.45, 7) is 6.72. The Kier molecular flexibility index (Phi) is 65.6. The van der Waals surface area contributed by atoms with Gasteiger partial charge in [0.1, 0.15) is 13.2 Å². The third-order valence-corrected chi connectivity index (χ3v) is 16.2. The summed E-state index contributed by atoms with van der Waals surface area (Å²) in [6.07, 6.45) is 82.0. The fraction of sp³-hybridized carbons (Fsp3) is 0.903. The van der Waals surface area contributed by atoms with Crippen molar-refractivity contribution in [2.75, 3.05) is 13.2 Å². The molecule has 0 saturated heterocycles. The highest BCUT2D eigenvalue weighted by molar-refractivity contribution is 5.71. The second kappa shape index (κ2) is 67.4. The molecule has 0 rings (SSSR count). The first-order chi connectivity index (χ1) is 38.5. The van der Waals surface area contributed by atoms with Crippen LogP contribution in [0.5, 0.6) is 0 Å². The quantitative estimate of drug-likeness (QED) is 0.0261. The number of unbranched alkanes of at least 4 members (excludes halogenated alkanes) is 51. The maximum absolute atomic E-state index is 13.0. The summed E-state index contributed by atoms with van der Waals surface area (Å²) in [7, 11) is 0. The Bertz CT molecular complexity index is 1260. The van der Waals surface area contributed by atoms with Crippen molar-refractivity contribution in [3.05, 3.63) is 24.3 Å². The lowest BCUT2D eigenvalue weighted by molar-refractivity contribution is -0.167. The monoisotopic (exact) mass is 1100 g/mol. The van der Waals surface area contributed by atoms with Gasteiger partial charge in [0.25, 0.3) is 0 Å². The van der Waals surface area contributed by atoms with E-state index in [2.05, 4.69) is 45.1 Å². The Morgan fingerprint density at radius 3 is 0.641 bits per heavy atom. The molecule has 0 aromatic heterocycles. The smallest absolute Gasteiger partial charge is 0.306 e. The van der Waals surface area contributed by atoms with E-state index in [1.54, 1.807) is 0 Å². The van der Waals surface area contributed by atoms with Crippen LogP contribution < -0.4 is 0 Å². The average Bonchev–Trinajstić information content (AvgIpc) is 3.44. The molecule has 0 heterocycles. The van der Waals surface area contributed by atoms with Gasteiger partial charge in [0.2, 0.25) is 0 Å². The van der Waals surface area contributed by atoms with Crippen molar-refractivity contribution in [1.29, 1.82) is 0 Å². The van der Waals surface area contributed by atoms with Crippen LogP contribution >= 0.6 is 0 Å². The van der Waals surface area contributed by atoms with Gasteiger partial charge >= 0.3 is 17.9 Å². The number of rotatable bonds is 66. The van der Waals surface area contributed by atoms with E-state index in [4.69, 9.17) is 14.2 Å². The first kappa shape index (κ1) is 75.9. The molecule has 0 amide bonds. The number of ether oxygens (including phenoxy) is 3. The van der Waals surface area contributed by atoms with Crippen LogP contribution in [-0.2, 0) is 28.6 Å². The van der Waals surface area contributed by atoms with E-state index >= 15 is 0 Å². The molecule has 0 aromatic rings. The summed E-state index contributed by atoms with van der Waals surface area (Å²) in [5.74, 6) is -0.838. The average molecular weight is 1100 g/mol. The molecule has 0 fully saturated rings. The van der Waals surface area contributed by atoms with Gasteiger partial charge in [-0.15, -0.1) is 0 Å². The predicted octanol–water partition coefficient (Wildman–Crippen LogP) is 24.2. The molecule has 0 bridgehead atoms. The molecule has 0 aliphatic heterocycles. The summed E-state index contributed by atoms with van der Waals surface area (Å²) in [5.41, 5.74) is 0. The zero-order chi connectivity index (χ0) is 56.4. The normalized spacial score (nSPS) is 12.1. The molecule has 1 unspecified atom stereocenters. The second-order valence-electron chi connectivity index (χ2n) is 24.1. The lowest BCUT2D eigenvalue weighted by Gasteiger charge is -2.18. The van der Waals surface area contributed by atoms with Gasteiger partial charge in [0, 0.05) is 19.3 Å². The molecule has 0 aliphatic rings. The highest BCUT2D eigenvalue weighted by Gasteiger charge is 2.19. The number of hydrogen-bond donors (Lipinski definition) is 0. The fourth-order valence-electron chi connectivity index (χ4n) is 10.8. The molecule has 0 radical (unpaired) electrons. The Morgan fingerprint density at radius 1 is 0.244 bits per heavy atom.